The first-order valence-electron chi connectivity index (χ1n) is 9.07. The molecule has 0 heterocycles. The summed E-state index contributed by atoms with van der Waals surface area (Å²) < 4.78 is 4.77. The van der Waals surface area contributed by atoms with Crippen molar-refractivity contribution in [1.29, 1.82) is 0 Å². The van der Waals surface area contributed by atoms with E-state index in [1.165, 1.54) is 7.11 Å². The van der Waals surface area contributed by atoms with Gasteiger partial charge in [0.25, 0.3) is 5.91 Å². The number of ether oxygens (including phenoxy) is 1. The van der Waals surface area contributed by atoms with E-state index < -0.39 is 5.91 Å². The van der Waals surface area contributed by atoms with E-state index in [0.29, 0.717) is 27.5 Å². The minimum Gasteiger partial charge on any atom is -0.375 e. The highest BCUT2D eigenvalue weighted by Crippen LogP contribution is 2.19. The third-order valence-electron chi connectivity index (χ3n) is 4.22. The number of ketones is 1. The lowest BCUT2D eigenvalue weighted by molar-refractivity contribution is -0.119. The number of halogens is 1. The Labute approximate surface area is 178 Å². The van der Waals surface area contributed by atoms with E-state index in [1.54, 1.807) is 72.8 Å². The summed E-state index contributed by atoms with van der Waals surface area (Å²) >= 11 is 5.88. The second-order valence-corrected chi connectivity index (χ2v) is 6.83. The molecule has 0 saturated heterocycles. The molecule has 0 unspecified atom stereocenters. The minimum absolute atomic E-state index is 0.0447. The van der Waals surface area contributed by atoms with Crippen LogP contribution in [0.3, 0.4) is 0 Å². The number of methoxy groups -OCH3 is 1. The van der Waals surface area contributed by atoms with E-state index in [-0.39, 0.29) is 23.9 Å². The maximum atomic E-state index is 12.9. The summed E-state index contributed by atoms with van der Waals surface area (Å²) in [6.07, 6.45) is 0. The largest absolute Gasteiger partial charge is 0.375 e. The molecule has 0 saturated carbocycles. The van der Waals surface area contributed by atoms with E-state index in [1.807, 2.05) is 0 Å². The molecule has 0 radical (unpaired) electrons. The number of anilines is 2. The Morgan fingerprint density at radius 1 is 0.800 bits per heavy atom. The topological polar surface area (TPSA) is 84.5 Å². The van der Waals surface area contributed by atoms with Crippen LogP contribution in [0.2, 0.25) is 5.02 Å². The molecule has 0 atom stereocenters. The number of carbonyl (C=O) groups is 3. The predicted octanol–water partition coefficient (Wildman–Crippen LogP) is 4.41. The molecule has 0 spiro atoms. The second kappa shape index (κ2) is 9.82. The van der Waals surface area contributed by atoms with E-state index in [0.717, 1.165) is 0 Å². The van der Waals surface area contributed by atoms with Gasteiger partial charge in [-0.15, -0.1) is 0 Å². The molecule has 3 aromatic rings. The third kappa shape index (κ3) is 5.31. The molecule has 2 N–H and O–H groups in total. The van der Waals surface area contributed by atoms with Gasteiger partial charge in [-0.3, -0.25) is 14.4 Å². The van der Waals surface area contributed by atoms with Crippen LogP contribution < -0.4 is 10.6 Å². The minimum atomic E-state index is -0.413. The van der Waals surface area contributed by atoms with E-state index in [4.69, 9.17) is 16.3 Å². The SMILES string of the molecule is COCC(=O)Nc1ccc(NC(=O)c2ccccc2C(=O)c2ccc(Cl)cc2)cc1. The molecule has 0 fully saturated rings. The number of nitrogens with one attached hydrogen (secondary N) is 2. The molecule has 0 bridgehead atoms. The van der Waals surface area contributed by atoms with Gasteiger partial charge >= 0.3 is 0 Å². The number of rotatable bonds is 7. The van der Waals surface area contributed by atoms with E-state index >= 15 is 0 Å². The van der Waals surface area contributed by atoms with Crippen LogP contribution in [-0.4, -0.2) is 31.3 Å². The summed E-state index contributed by atoms with van der Waals surface area (Å²) in [6.45, 7) is -0.0447. The number of hydrogen-bond acceptors (Lipinski definition) is 4. The summed E-state index contributed by atoms with van der Waals surface area (Å²) in [6, 6.07) is 19.7. The fraction of sp³-hybridized carbons (Fsp3) is 0.0870. The lowest BCUT2D eigenvalue weighted by atomic mass is 9.98. The van der Waals surface area contributed by atoms with Crippen molar-refractivity contribution in [3.05, 3.63) is 94.5 Å². The van der Waals surface area contributed by atoms with Crippen LogP contribution in [0.4, 0.5) is 11.4 Å². The standard InChI is InChI=1S/C23H19ClN2O4/c1-30-14-21(27)25-17-10-12-18(13-11-17)26-23(29)20-5-3-2-4-19(20)22(28)15-6-8-16(24)9-7-15/h2-13H,14H2,1H3,(H,25,27)(H,26,29). The molecule has 3 aromatic carbocycles. The van der Waals surface area contributed by atoms with Gasteiger partial charge in [-0.05, 0) is 54.6 Å². The second-order valence-electron chi connectivity index (χ2n) is 6.39. The van der Waals surface area contributed by atoms with Crippen molar-refractivity contribution in [1.82, 2.24) is 0 Å². The molecule has 30 heavy (non-hydrogen) atoms. The Balaban J connectivity index is 1.75. The van der Waals surface area contributed by atoms with Crippen molar-refractivity contribution in [2.75, 3.05) is 24.4 Å². The third-order valence-corrected chi connectivity index (χ3v) is 4.48. The van der Waals surface area contributed by atoms with Gasteiger partial charge in [0.15, 0.2) is 5.78 Å². The predicted molar refractivity (Wildman–Crippen MR) is 116 cm³/mol. The molecule has 152 valence electrons. The van der Waals surface area contributed by atoms with Gasteiger partial charge in [0.2, 0.25) is 5.91 Å². The highest BCUT2D eigenvalue weighted by molar-refractivity contribution is 6.30. The fourth-order valence-electron chi connectivity index (χ4n) is 2.80. The zero-order valence-electron chi connectivity index (χ0n) is 16.1. The van der Waals surface area contributed by atoms with Gasteiger partial charge < -0.3 is 15.4 Å². The molecule has 0 aliphatic heterocycles. The monoisotopic (exact) mass is 422 g/mol. The summed E-state index contributed by atoms with van der Waals surface area (Å²) in [5.74, 6) is -0.957. The number of amides is 2. The fourth-order valence-corrected chi connectivity index (χ4v) is 2.93. The Morgan fingerprint density at radius 2 is 1.37 bits per heavy atom. The molecular formula is C23H19ClN2O4. The maximum Gasteiger partial charge on any atom is 0.256 e. The van der Waals surface area contributed by atoms with Crippen LogP contribution in [0, 0.1) is 0 Å². The first kappa shape index (κ1) is 21.2. The molecule has 7 heteroatoms. The van der Waals surface area contributed by atoms with Crippen molar-refractivity contribution in [2.24, 2.45) is 0 Å². The van der Waals surface area contributed by atoms with Crippen molar-refractivity contribution in [3.8, 4) is 0 Å². The van der Waals surface area contributed by atoms with E-state index in [9.17, 15) is 14.4 Å². The van der Waals surface area contributed by atoms with Gasteiger partial charge in [0.1, 0.15) is 6.61 Å². The van der Waals surface area contributed by atoms with Crippen molar-refractivity contribution >= 4 is 40.6 Å². The first-order chi connectivity index (χ1) is 14.5. The van der Waals surface area contributed by atoms with Crippen molar-refractivity contribution < 1.29 is 19.1 Å². The molecule has 3 rings (SSSR count). The van der Waals surface area contributed by atoms with Crippen LogP contribution in [-0.2, 0) is 9.53 Å². The van der Waals surface area contributed by atoms with Gasteiger partial charge in [0.05, 0.1) is 5.56 Å². The van der Waals surface area contributed by atoms with Crippen molar-refractivity contribution in [3.63, 3.8) is 0 Å². The Hall–Kier alpha value is -3.48. The maximum absolute atomic E-state index is 12.9. The van der Waals surface area contributed by atoms with Crippen LogP contribution in [0.15, 0.2) is 72.8 Å². The van der Waals surface area contributed by atoms with Gasteiger partial charge in [-0.1, -0.05) is 29.8 Å². The van der Waals surface area contributed by atoms with Crippen LogP contribution in [0.5, 0.6) is 0 Å². The lowest BCUT2D eigenvalue weighted by Crippen LogP contribution is -2.18. The average Bonchev–Trinajstić information content (AvgIpc) is 2.75. The Kier molecular flexibility index (Phi) is 6.95. The molecule has 6 nitrogen and oxygen atoms in total. The van der Waals surface area contributed by atoms with Gasteiger partial charge in [-0.25, -0.2) is 0 Å². The Morgan fingerprint density at radius 3 is 1.97 bits per heavy atom. The number of hydrogen-bond donors (Lipinski definition) is 2. The summed E-state index contributed by atoms with van der Waals surface area (Å²) in [5, 5.41) is 5.97. The summed E-state index contributed by atoms with van der Waals surface area (Å²) in [7, 11) is 1.44. The zero-order valence-corrected chi connectivity index (χ0v) is 16.9. The van der Waals surface area contributed by atoms with Crippen LogP contribution in [0.25, 0.3) is 0 Å². The zero-order chi connectivity index (χ0) is 21.5. The first-order valence-corrected chi connectivity index (χ1v) is 9.45. The molecular weight excluding hydrogens is 404 g/mol. The number of benzene rings is 3. The highest BCUT2D eigenvalue weighted by Gasteiger charge is 2.18. The van der Waals surface area contributed by atoms with Crippen molar-refractivity contribution in [2.45, 2.75) is 0 Å². The molecule has 2 amide bonds. The number of carbonyl (C=O) groups excluding carboxylic acids is 3. The molecule has 0 aliphatic carbocycles. The molecule has 0 aliphatic rings. The lowest BCUT2D eigenvalue weighted by Gasteiger charge is -2.11. The summed E-state index contributed by atoms with van der Waals surface area (Å²) in [5.41, 5.74) is 2.10. The van der Waals surface area contributed by atoms with Gasteiger partial charge in [-0.2, -0.15) is 0 Å². The van der Waals surface area contributed by atoms with Crippen LogP contribution in [0.1, 0.15) is 26.3 Å². The average molecular weight is 423 g/mol. The smallest absolute Gasteiger partial charge is 0.256 e. The van der Waals surface area contributed by atoms with Gasteiger partial charge in [0, 0.05) is 34.6 Å². The van der Waals surface area contributed by atoms with E-state index in [2.05, 4.69) is 10.6 Å². The Bertz CT molecular complexity index is 1060. The summed E-state index contributed by atoms with van der Waals surface area (Å²) in [4.78, 5) is 37.2. The normalized spacial score (nSPS) is 10.3. The van der Waals surface area contributed by atoms with Crippen LogP contribution >= 0.6 is 11.6 Å². The molecule has 0 aromatic heterocycles. The quantitative estimate of drug-likeness (QED) is 0.552. The highest BCUT2D eigenvalue weighted by atomic mass is 35.5.